The van der Waals surface area contributed by atoms with Gasteiger partial charge in [0.2, 0.25) is 5.75 Å². The summed E-state index contributed by atoms with van der Waals surface area (Å²) in [5.74, 6) is 2.36. The van der Waals surface area contributed by atoms with E-state index in [1.165, 1.54) is 0 Å². The molecule has 0 unspecified atom stereocenters. The van der Waals surface area contributed by atoms with Crippen LogP contribution in [-0.4, -0.2) is 23.3 Å². The van der Waals surface area contributed by atoms with Gasteiger partial charge in [0.25, 0.3) is 0 Å². The number of benzene rings is 7. The van der Waals surface area contributed by atoms with Crippen molar-refractivity contribution in [3.05, 3.63) is 215 Å². The first-order chi connectivity index (χ1) is 32.5. The molecule has 0 radical (unpaired) electrons. The van der Waals surface area contributed by atoms with Crippen molar-refractivity contribution in [2.45, 2.75) is 83.5 Å². The van der Waals surface area contributed by atoms with E-state index >= 15 is 0 Å². The predicted octanol–water partition coefficient (Wildman–Crippen LogP) is 11.7. The van der Waals surface area contributed by atoms with Gasteiger partial charge in [-0.15, -0.1) is 0 Å². The molecular formula is C57H54O9. The number of hydrogen-bond acceptors (Lipinski definition) is 9. The van der Waals surface area contributed by atoms with Crippen LogP contribution in [0, 0.1) is 5.92 Å². The predicted molar refractivity (Wildman–Crippen MR) is 252 cm³/mol. The van der Waals surface area contributed by atoms with Gasteiger partial charge in [0, 0.05) is 29.7 Å². The Morgan fingerprint density at radius 1 is 0.500 bits per heavy atom. The maximum atomic E-state index is 14.2. The number of rotatable bonds is 18. The minimum Gasteiger partial charge on any atom is -0.489 e. The van der Waals surface area contributed by atoms with Crippen LogP contribution in [0.2, 0.25) is 0 Å². The van der Waals surface area contributed by atoms with Crippen molar-refractivity contribution in [1.82, 2.24) is 0 Å². The van der Waals surface area contributed by atoms with Crippen molar-refractivity contribution in [2.75, 3.05) is 0 Å². The van der Waals surface area contributed by atoms with E-state index in [2.05, 4.69) is 0 Å². The van der Waals surface area contributed by atoms with E-state index in [1.807, 2.05) is 176 Å². The van der Waals surface area contributed by atoms with Gasteiger partial charge in [0.15, 0.2) is 17.6 Å². The number of hydrogen-bond donors (Lipinski definition) is 1. The van der Waals surface area contributed by atoms with E-state index in [0.29, 0.717) is 79.0 Å². The summed E-state index contributed by atoms with van der Waals surface area (Å²) in [6, 6.07) is 57.4. The summed E-state index contributed by atoms with van der Waals surface area (Å²) < 4.78 is 46.7. The largest absolute Gasteiger partial charge is 0.489 e. The number of fused-ring (bicyclic) bond motifs is 1. The minimum atomic E-state index is -0.816. The summed E-state index contributed by atoms with van der Waals surface area (Å²) >= 11 is 0. The molecule has 0 spiro atoms. The van der Waals surface area contributed by atoms with Gasteiger partial charge in [0.05, 0.1) is 12.0 Å². The maximum Gasteiger partial charge on any atom is 0.309 e. The third-order valence-corrected chi connectivity index (χ3v) is 12.0. The molecule has 0 bridgehead atoms. The fraction of sp³-hybridized carbons (Fsp3) is 0.246. The van der Waals surface area contributed by atoms with Gasteiger partial charge in [-0.2, -0.15) is 0 Å². The van der Waals surface area contributed by atoms with Gasteiger partial charge in [-0.05, 0) is 65.6 Å². The average Bonchev–Trinajstić information content (AvgIpc) is 3.37. The van der Waals surface area contributed by atoms with E-state index in [9.17, 15) is 9.90 Å². The number of carbonyl (C=O) groups is 1. The zero-order valence-corrected chi connectivity index (χ0v) is 36.8. The molecule has 7 aromatic rings. The molecule has 9 heteroatoms. The fourth-order valence-corrected chi connectivity index (χ4v) is 8.37. The molecule has 1 saturated carbocycles. The molecule has 66 heavy (non-hydrogen) atoms. The van der Waals surface area contributed by atoms with Crippen LogP contribution >= 0.6 is 0 Å². The topological polar surface area (TPSA) is 102 Å². The second kappa shape index (κ2) is 21.6. The zero-order chi connectivity index (χ0) is 44.9. The lowest BCUT2D eigenvalue weighted by Crippen LogP contribution is -2.37. The molecule has 1 heterocycles. The molecule has 0 amide bonds. The summed E-state index contributed by atoms with van der Waals surface area (Å²) in [5.41, 5.74) is 6.37. The number of ether oxygens (including phenoxy) is 7. The van der Waals surface area contributed by atoms with Crippen LogP contribution in [-0.2, 0) is 49.0 Å². The Balaban J connectivity index is 1.13. The van der Waals surface area contributed by atoms with E-state index < -0.39 is 18.3 Å². The molecule has 2 atom stereocenters. The lowest BCUT2D eigenvalue weighted by atomic mass is 9.87. The van der Waals surface area contributed by atoms with Crippen molar-refractivity contribution in [3.8, 4) is 34.5 Å². The fourth-order valence-electron chi connectivity index (χ4n) is 8.37. The second-order valence-electron chi connectivity index (χ2n) is 16.8. The van der Waals surface area contributed by atoms with E-state index in [1.54, 1.807) is 0 Å². The second-order valence-corrected chi connectivity index (χ2v) is 16.8. The van der Waals surface area contributed by atoms with Crippen LogP contribution in [0.25, 0.3) is 0 Å². The third kappa shape index (κ3) is 11.5. The minimum absolute atomic E-state index is 0.259. The number of aliphatic hydroxyl groups is 1. The van der Waals surface area contributed by atoms with Gasteiger partial charge in [0.1, 0.15) is 56.4 Å². The van der Waals surface area contributed by atoms with Gasteiger partial charge in [-0.1, -0.05) is 152 Å². The van der Waals surface area contributed by atoms with Crippen LogP contribution in [0.4, 0.5) is 0 Å². The van der Waals surface area contributed by atoms with Crippen molar-refractivity contribution in [2.24, 2.45) is 5.92 Å². The van der Waals surface area contributed by atoms with Crippen LogP contribution in [0.5, 0.6) is 34.5 Å². The van der Waals surface area contributed by atoms with Gasteiger partial charge in [-0.3, -0.25) is 4.79 Å². The van der Waals surface area contributed by atoms with E-state index in [-0.39, 0.29) is 38.1 Å². The molecule has 1 aliphatic heterocycles. The first-order valence-electron chi connectivity index (χ1n) is 22.7. The molecule has 1 aliphatic carbocycles. The highest BCUT2D eigenvalue weighted by atomic mass is 16.6. The summed E-state index contributed by atoms with van der Waals surface area (Å²) in [6.45, 7) is 1.43. The van der Waals surface area contributed by atoms with Crippen LogP contribution in [0.3, 0.4) is 0 Å². The highest BCUT2D eigenvalue weighted by Gasteiger charge is 2.39. The van der Waals surface area contributed by atoms with Crippen molar-refractivity contribution in [1.29, 1.82) is 0 Å². The van der Waals surface area contributed by atoms with Gasteiger partial charge in [-0.25, -0.2) is 0 Å². The first kappa shape index (κ1) is 44.0. The third-order valence-electron chi connectivity index (χ3n) is 12.0. The summed E-state index contributed by atoms with van der Waals surface area (Å²) in [4.78, 5) is 14.2. The van der Waals surface area contributed by atoms with Gasteiger partial charge < -0.3 is 38.3 Å². The molecule has 336 valence electrons. The SMILES string of the molecule is O=C(O[C@@H]1Cc2c(OCc3ccccc3)cc(OCc3ccccc3)cc2O[C@H]1c1cc(OCc2ccccc2)c(OCc2ccccc2)c(OCc2ccccc2)c1)C1CCC(O)CC1. The quantitative estimate of drug-likeness (QED) is 0.0844. The molecule has 0 saturated heterocycles. The molecule has 9 rings (SSSR count). The Morgan fingerprint density at radius 2 is 0.924 bits per heavy atom. The molecular weight excluding hydrogens is 829 g/mol. The Bertz CT molecular complexity index is 2550. The van der Waals surface area contributed by atoms with Crippen molar-refractivity contribution >= 4 is 5.97 Å². The van der Waals surface area contributed by atoms with Crippen LogP contribution < -0.4 is 28.4 Å². The molecule has 0 aromatic heterocycles. The summed E-state index contributed by atoms with van der Waals surface area (Å²) in [6.07, 6.45) is 0.457. The van der Waals surface area contributed by atoms with E-state index in [4.69, 9.17) is 33.2 Å². The Hall–Kier alpha value is -7.23. The summed E-state index contributed by atoms with van der Waals surface area (Å²) in [5, 5.41) is 10.3. The lowest BCUT2D eigenvalue weighted by Gasteiger charge is -2.36. The highest BCUT2D eigenvalue weighted by molar-refractivity contribution is 5.73. The lowest BCUT2D eigenvalue weighted by molar-refractivity contribution is -0.162. The van der Waals surface area contributed by atoms with E-state index in [0.717, 1.165) is 33.4 Å². The van der Waals surface area contributed by atoms with Crippen molar-refractivity contribution < 1.29 is 43.1 Å². The first-order valence-corrected chi connectivity index (χ1v) is 22.7. The number of aliphatic hydroxyl groups excluding tert-OH is 1. The maximum absolute atomic E-state index is 14.2. The molecule has 2 aliphatic rings. The normalized spacial score (nSPS) is 17.7. The Morgan fingerprint density at radius 3 is 1.39 bits per heavy atom. The average molecular weight is 883 g/mol. The molecule has 1 fully saturated rings. The summed E-state index contributed by atoms with van der Waals surface area (Å²) in [7, 11) is 0. The molecule has 9 nitrogen and oxygen atoms in total. The molecule has 7 aromatic carbocycles. The Labute approximate surface area is 386 Å². The van der Waals surface area contributed by atoms with Gasteiger partial charge >= 0.3 is 5.97 Å². The number of carbonyl (C=O) groups excluding carboxylic acids is 1. The van der Waals surface area contributed by atoms with Crippen LogP contribution in [0.15, 0.2) is 176 Å². The highest BCUT2D eigenvalue weighted by Crippen LogP contribution is 2.48. The standard InChI is InChI=1S/C57H54O9/c58-47-28-26-45(27-29-47)57(59)66-54-34-49-50(61-36-41-18-8-2-9-19-41)32-48(60-35-40-16-6-1-7-17-40)33-51(49)65-55(54)46-30-52(62-37-42-20-10-3-11-21-42)56(64-39-44-24-14-5-15-25-44)53(31-46)63-38-43-22-12-4-13-23-43/h1-25,30-33,45,47,54-55,58H,26-29,34-39H2/t45?,47?,54-,55+/m1/s1. The monoisotopic (exact) mass is 882 g/mol. The smallest absolute Gasteiger partial charge is 0.309 e. The van der Waals surface area contributed by atoms with Crippen molar-refractivity contribution in [3.63, 3.8) is 0 Å². The Kier molecular flexibility index (Phi) is 14.4. The number of esters is 1. The zero-order valence-electron chi connectivity index (χ0n) is 36.8. The molecule has 1 N–H and O–H groups in total. The van der Waals surface area contributed by atoms with Crippen LogP contribution in [0.1, 0.15) is 70.7 Å².